The Bertz CT molecular complexity index is 636. The SMILES string of the molecule is Cc1cc(N=Cc2ccn(C3CCCCC3)c2)ccc1F. The number of hydrogen-bond donors (Lipinski definition) is 0. The highest BCUT2D eigenvalue weighted by Crippen LogP contribution is 2.28. The molecule has 0 bridgehead atoms. The van der Waals surface area contributed by atoms with Gasteiger partial charge in [-0.1, -0.05) is 19.3 Å². The highest BCUT2D eigenvalue weighted by atomic mass is 19.1. The molecule has 0 N–H and O–H groups in total. The first-order chi connectivity index (χ1) is 10.2. The molecule has 1 aromatic heterocycles. The number of halogens is 1. The lowest BCUT2D eigenvalue weighted by Crippen LogP contribution is -2.10. The predicted molar refractivity (Wildman–Crippen MR) is 84.9 cm³/mol. The summed E-state index contributed by atoms with van der Waals surface area (Å²) in [6.45, 7) is 1.76. The molecule has 0 atom stereocenters. The summed E-state index contributed by atoms with van der Waals surface area (Å²) in [7, 11) is 0. The maximum atomic E-state index is 13.2. The summed E-state index contributed by atoms with van der Waals surface area (Å²) in [5.41, 5.74) is 2.52. The summed E-state index contributed by atoms with van der Waals surface area (Å²) in [4.78, 5) is 4.43. The van der Waals surface area contributed by atoms with Gasteiger partial charge in [0.15, 0.2) is 0 Å². The Kier molecular flexibility index (Phi) is 4.18. The molecule has 110 valence electrons. The lowest BCUT2D eigenvalue weighted by Gasteiger charge is -2.23. The van der Waals surface area contributed by atoms with E-state index in [2.05, 4.69) is 28.0 Å². The fourth-order valence-corrected chi connectivity index (χ4v) is 2.97. The fourth-order valence-electron chi connectivity index (χ4n) is 2.97. The molecule has 2 nitrogen and oxygen atoms in total. The predicted octanol–water partition coefficient (Wildman–Crippen LogP) is 5.19. The summed E-state index contributed by atoms with van der Waals surface area (Å²) in [6.07, 6.45) is 12.8. The molecule has 0 radical (unpaired) electrons. The van der Waals surface area contributed by atoms with Gasteiger partial charge in [-0.25, -0.2) is 4.39 Å². The molecule has 1 fully saturated rings. The lowest BCUT2D eigenvalue weighted by molar-refractivity contribution is 0.354. The van der Waals surface area contributed by atoms with Gasteiger partial charge >= 0.3 is 0 Å². The number of aromatic nitrogens is 1. The molecular formula is C18H21FN2. The van der Waals surface area contributed by atoms with Crippen LogP contribution in [0, 0.1) is 12.7 Å². The van der Waals surface area contributed by atoms with Gasteiger partial charge in [0.25, 0.3) is 0 Å². The number of aliphatic imine (C=N–C) groups is 1. The van der Waals surface area contributed by atoms with Gasteiger partial charge in [-0.15, -0.1) is 0 Å². The van der Waals surface area contributed by atoms with Crippen LogP contribution in [0.4, 0.5) is 10.1 Å². The van der Waals surface area contributed by atoms with Crippen molar-refractivity contribution in [2.75, 3.05) is 0 Å². The molecule has 1 saturated carbocycles. The van der Waals surface area contributed by atoms with E-state index in [-0.39, 0.29) is 5.82 Å². The summed E-state index contributed by atoms with van der Waals surface area (Å²) in [5, 5.41) is 0. The van der Waals surface area contributed by atoms with Crippen molar-refractivity contribution in [3.05, 3.63) is 53.6 Å². The molecule has 3 rings (SSSR count). The van der Waals surface area contributed by atoms with E-state index in [0.29, 0.717) is 11.6 Å². The van der Waals surface area contributed by atoms with E-state index in [1.807, 2.05) is 6.21 Å². The topological polar surface area (TPSA) is 17.3 Å². The summed E-state index contributed by atoms with van der Waals surface area (Å²) >= 11 is 0. The number of rotatable bonds is 3. The highest BCUT2D eigenvalue weighted by Gasteiger charge is 2.14. The third kappa shape index (κ3) is 3.41. The van der Waals surface area contributed by atoms with Crippen molar-refractivity contribution in [2.24, 2.45) is 4.99 Å². The largest absolute Gasteiger partial charge is 0.351 e. The lowest BCUT2D eigenvalue weighted by atomic mass is 9.95. The normalized spacial score (nSPS) is 16.7. The van der Waals surface area contributed by atoms with Crippen LogP contribution in [-0.4, -0.2) is 10.8 Å². The van der Waals surface area contributed by atoms with Crippen molar-refractivity contribution in [1.29, 1.82) is 0 Å². The van der Waals surface area contributed by atoms with Crippen LogP contribution in [0.3, 0.4) is 0 Å². The van der Waals surface area contributed by atoms with Gasteiger partial charge in [0.05, 0.1) is 5.69 Å². The second-order valence-corrected chi connectivity index (χ2v) is 5.88. The highest BCUT2D eigenvalue weighted by molar-refractivity contribution is 5.81. The standard InChI is InChI=1S/C18H21FN2/c1-14-11-16(7-8-18(14)19)20-12-15-9-10-21(13-15)17-5-3-2-4-6-17/h7-13,17H,2-6H2,1H3. The van der Waals surface area contributed by atoms with E-state index in [0.717, 1.165) is 11.3 Å². The molecule has 0 amide bonds. The van der Waals surface area contributed by atoms with Crippen molar-refractivity contribution in [3.63, 3.8) is 0 Å². The number of hydrogen-bond acceptors (Lipinski definition) is 1. The van der Waals surface area contributed by atoms with Crippen LogP contribution >= 0.6 is 0 Å². The molecule has 1 heterocycles. The molecule has 1 aliphatic carbocycles. The van der Waals surface area contributed by atoms with Gasteiger partial charge in [0.2, 0.25) is 0 Å². The number of aryl methyl sites for hydroxylation is 1. The van der Waals surface area contributed by atoms with Crippen molar-refractivity contribution in [2.45, 2.75) is 45.1 Å². The Hall–Kier alpha value is -1.90. The maximum Gasteiger partial charge on any atom is 0.126 e. The van der Waals surface area contributed by atoms with Gasteiger partial charge in [-0.3, -0.25) is 4.99 Å². The molecule has 0 unspecified atom stereocenters. The smallest absolute Gasteiger partial charge is 0.126 e. The quantitative estimate of drug-likeness (QED) is 0.690. The summed E-state index contributed by atoms with van der Waals surface area (Å²) in [5.74, 6) is -0.183. The van der Waals surface area contributed by atoms with Crippen molar-refractivity contribution >= 4 is 11.9 Å². The zero-order valence-electron chi connectivity index (χ0n) is 12.4. The van der Waals surface area contributed by atoms with Crippen LogP contribution in [0.25, 0.3) is 0 Å². The van der Waals surface area contributed by atoms with E-state index in [9.17, 15) is 4.39 Å². The first kappa shape index (κ1) is 14.1. The van der Waals surface area contributed by atoms with Crippen molar-refractivity contribution in [1.82, 2.24) is 4.57 Å². The second kappa shape index (κ2) is 6.25. The molecule has 3 heteroatoms. The van der Waals surface area contributed by atoms with Crippen LogP contribution in [-0.2, 0) is 0 Å². The maximum absolute atomic E-state index is 13.2. The summed E-state index contributed by atoms with van der Waals surface area (Å²) in [6, 6.07) is 7.68. The van der Waals surface area contributed by atoms with E-state index >= 15 is 0 Å². The third-order valence-corrected chi connectivity index (χ3v) is 4.24. The Morgan fingerprint density at radius 1 is 1.19 bits per heavy atom. The minimum atomic E-state index is -0.183. The van der Waals surface area contributed by atoms with Crippen LogP contribution < -0.4 is 0 Å². The molecular weight excluding hydrogens is 263 g/mol. The van der Waals surface area contributed by atoms with Crippen LogP contribution in [0.15, 0.2) is 41.7 Å². The first-order valence-electron chi connectivity index (χ1n) is 7.70. The van der Waals surface area contributed by atoms with Crippen LogP contribution in [0.5, 0.6) is 0 Å². The number of nitrogens with zero attached hydrogens (tertiary/aromatic N) is 2. The number of benzene rings is 1. The van der Waals surface area contributed by atoms with Crippen LogP contribution in [0.2, 0.25) is 0 Å². The van der Waals surface area contributed by atoms with E-state index in [1.54, 1.807) is 19.1 Å². The zero-order chi connectivity index (χ0) is 14.7. The van der Waals surface area contributed by atoms with Gasteiger partial charge in [0, 0.05) is 30.2 Å². The van der Waals surface area contributed by atoms with Crippen molar-refractivity contribution < 1.29 is 4.39 Å². The summed E-state index contributed by atoms with van der Waals surface area (Å²) < 4.78 is 15.5. The molecule has 1 aromatic carbocycles. The second-order valence-electron chi connectivity index (χ2n) is 5.88. The molecule has 21 heavy (non-hydrogen) atoms. The average molecular weight is 284 g/mol. The fraction of sp³-hybridized carbons (Fsp3) is 0.389. The Morgan fingerprint density at radius 2 is 2.00 bits per heavy atom. The van der Waals surface area contributed by atoms with Gasteiger partial charge in [0.1, 0.15) is 5.82 Å². The van der Waals surface area contributed by atoms with E-state index < -0.39 is 0 Å². The monoisotopic (exact) mass is 284 g/mol. The first-order valence-corrected chi connectivity index (χ1v) is 7.70. The van der Waals surface area contributed by atoms with Gasteiger partial charge < -0.3 is 4.57 Å². The Balaban J connectivity index is 1.71. The van der Waals surface area contributed by atoms with Gasteiger partial charge in [-0.05, 0) is 49.6 Å². The van der Waals surface area contributed by atoms with E-state index in [4.69, 9.17) is 0 Å². The third-order valence-electron chi connectivity index (χ3n) is 4.24. The zero-order valence-corrected chi connectivity index (χ0v) is 12.4. The minimum absolute atomic E-state index is 0.183. The van der Waals surface area contributed by atoms with Gasteiger partial charge in [-0.2, -0.15) is 0 Å². The van der Waals surface area contributed by atoms with E-state index in [1.165, 1.54) is 38.2 Å². The molecule has 1 aliphatic rings. The van der Waals surface area contributed by atoms with Crippen molar-refractivity contribution in [3.8, 4) is 0 Å². The Morgan fingerprint density at radius 3 is 2.76 bits per heavy atom. The minimum Gasteiger partial charge on any atom is -0.351 e. The average Bonchev–Trinajstić information content (AvgIpc) is 2.98. The Labute approximate surface area is 125 Å². The molecule has 0 spiro atoms. The van der Waals surface area contributed by atoms with Crippen LogP contribution in [0.1, 0.15) is 49.3 Å². The molecule has 0 saturated heterocycles. The molecule has 2 aromatic rings. The molecule has 0 aliphatic heterocycles.